The molecule has 9 heteroatoms. The van der Waals surface area contributed by atoms with Crippen molar-refractivity contribution >= 4 is 32.9 Å². The molecular weight excluding hydrogens is 462 g/mol. The van der Waals surface area contributed by atoms with Crippen molar-refractivity contribution in [1.82, 2.24) is 34.3 Å². The monoisotopic (exact) mass is 487 g/mol. The van der Waals surface area contributed by atoms with Crippen LogP contribution in [0, 0.1) is 13.8 Å². The molecule has 0 radical (unpaired) electrons. The van der Waals surface area contributed by atoms with Crippen molar-refractivity contribution in [2.24, 2.45) is 7.05 Å². The van der Waals surface area contributed by atoms with Crippen LogP contribution in [0.2, 0.25) is 0 Å². The molecule has 0 aliphatic rings. The van der Waals surface area contributed by atoms with Crippen LogP contribution < -0.4 is 0 Å². The van der Waals surface area contributed by atoms with E-state index in [2.05, 4.69) is 57.4 Å². The van der Waals surface area contributed by atoms with E-state index >= 15 is 0 Å². The maximum absolute atomic E-state index is 4.93. The Morgan fingerprint density at radius 2 is 1.87 bits per heavy atom. The van der Waals surface area contributed by atoms with Crippen LogP contribution in [0.15, 0.2) is 17.0 Å². The summed E-state index contributed by atoms with van der Waals surface area (Å²) in [5.74, 6) is 1.23. The summed E-state index contributed by atoms with van der Waals surface area (Å²) in [6, 6.07) is 2.20. The molecule has 4 aromatic heterocycles. The van der Waals surface area contributed by atoms with Crippen molar-refractivity contribution in [2.45, 2.75) is 59.3 Å². The summed E-state index contributed by atoms with van der Waals surface area (Å²) in [7, 11) is 1.87. The predicted octanol–water partition coefficient (Wildman–Crippen LogP) is 5.71. The predicted molar refractivity (Wildman–Crippen MR) is 124 cm³/mol. The first-order valence-electron chi connectivity index (χ1n) is 10.3. The lowest BCUT2D eigenvalue weighted by Gasteiger charge is -2.17. The maximum atomic E-state index is 4.93. The van der Waals surface area contributed by atoms with Crippen molar-refractivity contribution in [3.63, 3.8) is 0 Å². The Kier molecular flexibility index (Phi) is 6.02. The third-order valence-electron chi connectivity index (χ3n) is 5.33. The minimum absolute atomic E-state index is 0.482. The number of halogens is 1. The van der Waals surface area contributed by atoms with Gasteiger partial charge in [0.05, 0.1) is 16.1 Å². The van der Waals surface area contributed by atoms with Crippen molar-refractivity contribution in [1.29, 1.82) is 0 Å². The average molecular weight is 488 g/mol. The van der Waals surface area contributed by atoms with Gasteiger partial charge in [0, 0.05) is 24.4 Å². The molecule has 0 spiro atoms. The number of rotatable bonds is 7. The van der Waals surface area contributed by atoms with E-state index in [-0.39, 0.29) is 0 Å². The Morgan fingerprint density at radius 3 is 2.50 bits per heavy atom. The molecule has 0 amide bonds. The number of aryl methyl sites for hydroxylation is 3. The van der Waals surface area contributed by atoms with Crippen LogP contribution >= 0.6 is 27.3 Å². The summed E-state index contributed by atoms with van der Waals surface area (Å²) in [6.07, 6.45) is 6.16. The standard InChI is InChI=1S/C21H26BrN7S/c1-6-8-14(9-7-2)15-10-12(3)25-19-16(13(4)27-29(15)19)17-18(22)26-21(30-17)20-23-11-24-28(20)5/h10-11,14H,6-9H2,1-5H3. The van der Waals surface area contributed by atoms with Gasteiger partial charge < -0.3 is 0 Å². The van der Waals surface area contributed by atoms with Crippen LogP contribution in [0.3, 0.4) is 0 Å². The van der Waals surface area contributed by atoms with Crippen LogP contribution in [0.4, 0.5) is 0 Å². The lowest BCUT2D eigenvalue weighted by atomic mass is 9.94. The van der Waals surface area contributed by atoms with E-state index in [9.17, 15) is 0 Å². The molecular formula is C21H26BrN7S. The molecule has 4 rings (SSSR count). The molecule has 0 bridgehead atoms. The molecule has 0 aliphatic heterocycles. The normalized spacial score (nSPS) is 11.8. The molecule has 30 heavy (non-hydrogen) atoms. The van der Waals surface area contributed by atoms with E-state index in [4.69, 9.17) is 15.1 Å². The van der Waals surface area contributed by atoms with Crippen LogP contribution in [0.25, 0.3) is 26.9 Å². The maximum Gasteiger partial charge on any atom is 0.187 e. The van der Waals surface area contributed by atoms with Gasteiger partial charge >= 0.3 is 0 Å². The molecule has 0 unspecified atom stereocenters. The van der Waals surface area contributed by atoms with Gasteiger partial charge in [-0.15, -0.1) is 11.3 Å². The lowest BCUT2D eigenvalue weighted by Crippen LogP contribution is -2.08. The fourth-order valence-corrected chi connectivity index (χ4v) is 5.82. The Morgan fingerprint density at radius 1 is 1.13 bits per heavy atom. The highest BCUT2D eigenvalue weighted by molar-refractivity contribution is 9.10. The molecule has 7 nitrogen and oxygen atoms in total. The molecule has 0 N–H and O–H groups in total. The van der Waals surface area contributed by atoms with Crippen LogP contribution in [0.1, 0.15) is 62.5 Å². The zero-order chi connectivity index (χ0) is 21.4. The van der Waals surface area contributed by atoms with Crippen LogP contribution in [0.5, 0.6) is 0 Å². The largest absolute Gasteiger partial charge is 0.247 e. The highest BCUT2D eigenvalue weighted by Crippen LogP contribution is 2.41. The van der Waals surface area contributed by atoms with E-state index < -0.39 is 0 Å². The zero-order valence-corrected chi connectivity index (χ0v) is 20.4. The van der Waals surface area contributed by atoms with E-state index in [0.29, 0.717) is 5.92 Å². The van der Waals surface area contributed by atoms with E-state index in [0.717, 1.165) is 68.6 Å². The third-order valence-corrected chi connectivity index (χ3v) is 7.23. The second-order valence-corrected chi connectivity index (χ2v) is 9.39. The fraction of sp³-hybridized carbons (Fsp3) is 0.476. The van der Waals surface area contributed by atoms with E-state index in [1.807, 2.05) is 14.0 Å². The zero-order valence-electron chi connectivity index (χ0n) is 18.0. The number of aromatic nitrogens is 7. The molecule has 0 fully saturated rings. The van der Waals surface area contributed by atoms with Crippen LogP contribution in [-0.2, 0) is 7.05 Å². The van der Waals surface area contributed by atoms with Gasteiger partial charge in [-0.1, -0.05) is 26.7 Å². The summed E-state index contributed by atoms with van der Waals surface area (Å²) < 4.78 is 4.58. The molecule has 0 saturated heterocycles. The van der Waals surface area contributed by atoms with Gasteiger partial charge in [-0.2, -0.15) is 10.2 Å². The van der Waals surface area contributed by atoms with Gasteiger partial charge in [0.1, 0.15) is 10.9 Å². The van der Waals surface area contributed by atoms with Gasteiger partial charge in [0.15, 0.2) is 16.5 Å². The Bertz CT molecular complexity index is 1180. The van der Waals surface area contributed by atoms with Crippen molar-refractivity contribution < 1.29 is 0 Å². The van der Waals surface area contributed by atoms with E-state index in [1.165, 1.54) is 5.69 Å². The minimum Gasteiger partial charge on any atom is -0.247 e. The third kappa shape index (κ3) is 3.69. The number of hydrogen-bond acceptors (Lipinski definition) is 6. The molecule has 0 saturated carbocycles. The molecule has 4 aromatic rings. The average Bonchev–Trinajstić information content (AvgIpc) is 3.37. The first-order valence-corrected chi connectivity index (χ1v) is 11.9. The van der Waals surface area contributed by atoms with Gasteiger partial charge in [-0.3, -0.25) is 0 Å². The quantitative estimate of drug-likeness (QED) is 0.333. The fourth-order valence-electron chi connectivity index (χ4n) is 4.01. The summed E-state index contributed by atoms with van der Waals surface area (Å²) in [6.45, 7) is 8.61. The Balaban J connectivity index is 1.90. The summed E-state index contributed by atoms with van der Waals surface area (Å²) in [5.41, 5.74) is 5.16. The highest BCUT2D eigenvalue weighted by Gasteiger charge is 2.24. The SMILES string of the molecule is CCCC(CCC)c1cc(C)nc2c(-c3sc(-c4ncnn4C)nc3Br)c(C)nn12. The topological polar surface area (TPSA) is 73.8 Å². The smallest absolute Gasteiger partial charge is 0.187 e. The second-order valence-electron chi connectivity index (χ2n) is 7.64. The number of thiazole rings is 1. The van der Waals surface area contributed by atoms with Gasteiger partial charge in [0.2, 0.25) is 0 Å². The van der Waals surface area contributed by atoms with Crippen molar-refractivity contribution in [3.05, 3.63) is 34.1 Å². The first kappa shape index (κ1) is 21.1. The minimum atomic E-state index is 0.482. The van der Waals surface area contributed by atoms with E-state index in [1.54, 1.807) is 22.3 Å². The van der Waals surface area contributed by atoms with Crippen molar-refractivity contribution in [3.8, 4) is 21.3 Å². The van der Waals surface area contributed by atoms with Gasteiger partial charge in [0.25, 0.3) is 0 Å². The van der Waals surface area contributed by atoms with Crippen LogP contribution in [-0.4, -0.2) is 34.3 Å². The second kappa shape index (κ2) is 8.55. The highest BCUT2D eigenvalue weighted by atomic mass is 79.9. The number of nitrogens with zero attached hydrogens (tertiary/aromatic N) is 7. The summed E-state index contributed by atoms with van der Waals surface area (Å²) >= 11 is 5.25. The Labute approximate surface area is 188 Å². The first-order chi connectivity index (χ1) is 14.4. The van der Waals surface area contributed by atoms with Gasteiger partial charge in [-0.05, 0) is 48.7 Å². The molecule has 4 heterocycles. The number of hydrogen-bond donors (Lipinski definition) is 0. The number of fused-ring (bicyclic) bond motifs is 1. The molecule has 0 aliphatic carbocycles. The molecule has 158 valence electrons. The molecule has 0 atom stereocenters. The molecule has 0 aromatic carbocycles. The Hall–Kier alpha value is -2.13. The summed E-state index contributed by atoms with van der Waals surface area (Å²) in [4.78, 5) is 15.0. The lowest BCUT2D eigenvalue weighted by molar-refractivity contribution is 0.533. The summed E-state index contributed by atoms with van der Waals surface area (Å²) in [5, 5.41) is 9.91. The van der Waals surface area contributed by atoms with Gasteiger partial charge in [-0.25, -0.2) is 24.1 Å². The van der Waals surface area contributed by atoms with Crippen molar-refractivity contribution in [2.75, 3.05) is 0 Å².